The molecule has 3 unspecified atom stereocenters. The summed E-state index contributed by atoms with van der Waals surface area (Å²) in [4.78, 5) is 16.5. The second kappa shape index (κ2) is 8.27. The van der Waals surface area contributed by atoms with Gasteiger partial charge in [-0.3, -0.25) is 4.90 Å². The van der Waals surface area contributed by atoms with Crippen molar-refractivity contribution in [3.05, 3.63) is 46.7 Å². The summed E-state index contributed by atoms with van der Waals surface area (Å²) in [6, 6.07) is 3.35. The molecule has 7 nitrogen and oxygen atoms in total. The van der Waals surface area contributed by atoms with Crippen LogP contribution in [-0.4, -0.2) is 68.1 Å². The van der Waals surface area contributed by atoms with Crippen molar-refractivity contribution >= 4 is 38.9 Å². The summed E-state index contributed by atoms with van der Waals surface area (Å²) in [7, 11) is -2.48. The third kappa shape index (κ3) is 5.05. The number of alkyl halides is 3. The number of rotatable bonds is 4. The molecule has 0 saturated carbocycles. The second-order valence-corrected chi connectivity index (χ2v) is 11.1. The molecule has 174 valence electrons. The van der Waals surface area contributed by atoms with Crippen molar-refractivity contribution in [2.75, 3.05) is 37.2 Å². The van der Waals surface area contributed by atoms with Crippen LogP contribution in [0.2, 0.25) is 5.02 Å². The summed E-state index contributed by atoms with van der Waals surface area (Å²) in [6.07, 6.45) is -0.112. The number of hydrogen-bond acceptors (Lipinski definition) is 4. The Morgan fingerprint density at radius 2 is 1.94 bits per heavy atom. The lowest BCUT2D eigenvalue weighted by Crippen LogP contribution is -2.36. The third-order valence-electron chi connectivity index (χ3n) is 5.71. The Morgan fingerprint density at radius 3 is 2.53 bits per heavy atom. The number of likely N-dealkylation sites (tertiary alicyclic amines) is 2. The number of aromatic nitrogens is 2. The molecule has 1 aromatic carbocycles. The first-order valence-corrected chi connectivity index (χ1v) is 12.4. The topological polar surface area (TPSA) is 70.5 Å². The van der Waals surface area contributed by atoms with Crippen molar-refractivity contribution in [2.24, 2.45) is 11.8 Å². The average molecular weight is 490 g/mol. The van der Waals surface area contributed by atoms with E-state index in [0.29, 0.717) is 31.9 Å². The van der Waals surface area contributed by atoms with Gasteiger partial charge in [0.25, 0.3) is 0 Å². The highest BCUT2D eigenvalue weighted by molar-refractivity contribution is 8.00. The number of carbonyl (C=O) groups excluding carboxylic acids is 1. The van der Waals surface area contributed by atoms with Crippen LogP contribution in [0.1, 0.15) is 11.1 Å². The highest BCUT2D eigenvalue weighted by Gasteiger charge is 2.42. The molecule has 1 N–H and O–H groups in total. The van der Waals surface area contributed by atoms with Gasteiger partial charge >= 0.3 is 12.2 Å². The van der Waals surface area contributed by atoms with Crippen molar-refractivity contribution in [2.45, 2.75) is 12.7 Å². The van der Waals surface area contributed by atoms with Crippen LogP contribution in [0.3, 0.4) is 0 Å². The molecular formula is C20H23ClF3N5O2S. The Morgan fingerprint density at radius 1 is 1.28 bits per heavy atom. The number of nitrogens with one attached hydrogen (secondary N) is 1. The number of fused-ring (bicyclic) bond motifs is 1. The molecule has 0 aliphatic carbocycles. The Hall–Kier alpha value is -2.24. The Balaban J connectivity index is 1.38. The van der Waals surface area contributed by atoms with Crippen molar-refractivity contribution in [3.8, 4) is 0 Å². The summed E-state index contributed by atoms with van der Waals surface area (Å²) in [5, 5.41) is 4.30. The molecule has 32 heavy (non-hydrogen) atoms. The Bertz CT molecular complexity index is 1120. The zero-order chi connectivity index (χ0) is 23.3. The molecule has 1 aromatic heterocycles. The van der Waals surface area contributed by atoms with Gasteiger partial charge in [-0.15, -0.1) is 0 Å². The lowest BCUT2D eigenvalue weighted by atomic mass is 10.0. The Labute approximate surface area is 189 Å². The molecule has 1 amide bonds. The first-order valence-electron chi connectivity index (χ1n) is 9.91. The molecule has 0 bridgehead atoms. The van der Waals surface area contributed by atoms with Crippen molar-refractivity contribution < 1.29 is 22.2 Å². The van der Waals surface area contributed by atoms with E-state index in [1.807, 2.05) is 4.90 Å². The zero-order valence-electron chi connectivity index (χ0n) is 17.3. The molecule has 2 aromatic rings. The number of carbonyl (C=O) groups is 1. The molecule has 0 radical (unpaired) electrons. The van der Waals surface area contributed by atoms with Crippen molar-refractivity contribution in [1.82, 2.24) is 19.6 Å². The van der Waals surface area contributed by atoms with Gasteiger partial charge in [0.2, 0.25) is 0 Å². The summed E-state index contributed by atoms with van der Waals surface area (Å²) < 4.78 is 55.7. The maximum Gasteiger partial charge on any atom is 0.416 e. The molecule has 4 rings (SSSR count). The van der Waals surface area contributed by atoms with Crippen LogP contribution in [0.25, 0.3) is 0 Å². The zero-order valence-corrected chi connectivity index (χ0v) is 18.9. The SMILES string of the molecule is C=S(C)(=O)Nc1cnn(C(=O)N2CC3CN(Cc4cc(Cl)ccc4C(F)(F)F)CC3C2)c1. The maximum atomic E-state index is 13.3. The summed E-state index contributed by atoms with van der Waals surface area (Å²) >= 11 is 5.94. The van der Waals surface area contributed by atoms with Crippen LogP contribution < -0.4 is 4.72 Å². The van der Waals surface area contributed by atoms with E-state index < -0.39 is 21.4 Å². The van der Waals surface area contributed by atoms with E-state index >= 15 is 0 Å². The van der Waals surface area contributed by atoms with Crippen LogP contribution in [-0.2, 0) is 22.4 Å². The first-order chi connectivity index (χ1) is 14.9. The predicted octanol–water partition coefficient (Wildman–Crippen LogP) is 3.26. The van der Waals surface area contributed by atoms with Gasteiger partial charge in [-0.25, -0.2) is 9.00 Å². The summed E-state index contributed by atoms with van der Waals surface area (Å²) in [6.45, 7) is 2.37. The highest BCUT2D eigenvalue weighted by atomic mass is 35.5. The lowest BCUT2D eigenvalue weighted by molar-refractivity contribution is -0.138. The smallest absolute Gasteiger partial charge is 0.322 e. The maximum absolute atomic E-state index is 13.3. The Kier molecular flexibility index (Phi) is 5.93. The number of benzene rings is 1. The molecule has 2 aliphatic heterocycles. The molecule has 3 atom stereocenters. The van der Waals surface area contributed by atoms with Gasteiger partial charge in [-0.1, -0.05) is 11.6 Å². The van der Waals surface area contributed by atoms with Gasteiger partial charge in [0.05, 0.1) is 23.6 Å². The standard InChI is InChI=1S/C20H23ClF3N5O2S/c1-32(2,31)26-17-6-25-29(12-17)19(30)28-10-14-8-27(9-15(14)11-28)7-13-5-16(21)3-4-18(13)20(22,23)24/h3-6,12,14-15H,1,7-11H2,2H3,(H,26,31). The van der Waals surface area contributed by atoms with Gasteiger partial charge in [-0.2, -0.15) is 23.0 Å². The lowest BCUT2D eigenvalue weighted by Gasteiger charge is -2.23. The molecule has 3 heterocycles. The minimum absolute atomic E-state index is 0.159. The number of halogens is 4. The summed E-state index contributed by atoms with van der Waals surface area (Å²) in [5.41, 5.74) is -0.0713. The van der Waals surface area contributed by atoms with Crippen molar-refractivity contribution in [3.63, 3.8) is 0 Å². The normalized spacial score (nSPS) is 23.2. The van der Waals surface area contributed by atoms with Gasteiger partial charge in [0.1, 0.15) is 0 Å². The molecular weight excluding hydrogens is 467 g/mol. The number of hydrogen-bond donors (Lipinski definition) is 1. The van der Waals surface area contributed by atoms with Crippen LogP contribution in [0.4, 0.5) is 23.7 Å². The van der Waals surface area contributed by atoms with Gasteiger partial charge < -0.3 is 9.62 Å². The summed E-state index contributed by atoms with van der Waals surface area (Å²) in [5.74, 6) is 3.86. The van der Waals surface area contributed by atoms with E-state index in [2.05, 4.69) is 15.7 Å². The second-order valence-electron chi connectivity index (χ2n) is 8.48. The van der Waals surface area contributed by atoms with Gasteiger partial charge in [-0.05, 0) is 41.5 Å². The first kappa shape index (κ1) is 22.9. The van der Waals surface area contributed by atoms with E-state index in [1.165, 1.54) is 35.5 Å². The molecule has 12 heteroatoms. The van der Waals surface area contributed by atoms with Crippen LogP contribution in [0.15, 0.2) is 30.6 Å². The van der Waals surface area contributed by atoms with E-state index in [-0.39, 0.29) is 35.0 Å². The van der Waals surface area contributed by atoms with Crippen LogP contribution in [0, 0.1) is 11.8 Å². The largest absolute Gasteiger partial charge is 0.416 e. The van der Waals surface area contributed by atoms with E-state index in [4.69, 9.17) is 11.6 Å². The van der Waals surface area contributed by atoms with Crippen LogP contribution in [0.5, 0.6) is 0 Å². The minimum atomic E-state index is -4.44. The molecule has 2 aliphatic rings. The van der Waals surface area contributed by atoms with E-state index in [1.54, 1.807) is 4.90 Å². The fraction of sp³-hybridized carbons (Fsp3) is 0.450. The van der Waals surface area contributed by atoms with Crippen LogP contribution >= 0.6 is 11.6 Å². The minimum Gasteiger partial charge on any atom is -0.322 e. The quantitative estimate of drug-likeness (QED) is 0.669. The molecule has 2 fully saturated rings. The van der Waals surface area contributed by atoms with E-state index in [9.17, 15) is 22.2 Å². The molecule has 2 saturated heterocycles. The predicted molar refractivity (Wildman–Crippen MR) is 118 cm³/mol. The fourth-order valence-corrected chi connectivity index (χ4v) is 5.26. The van der Waals surface area contributed by atoms with E-state index in [0.717, 1.165) is 6.07 Å². The van der Waals surface area contributed by atoms with Gasteiger partial charge in [0.15, 0.2) is 0 Å². The number of anilines is 1. The average Bonchev–Trinajstić information content (AvgIpc) is 3.33. The van der Waals surface area contributed by atoms with Gasteiger partial charge in [0, 0.05) is 53.7 Å². The molecule has 0 spiro atoms. The van der Waals surface area contributed by atoms with Crippen molar-refractivity contribution in [1.29, 1.82) is 0 Å². The number of amides is 1. The third-order valence-corrected chi connectivity index (χ3v) is 6.61. The fourth-order valence-electron chi connectivity index (χ4n) is 4.46. The highest BCUT2D eigenvalue weighted by Crippen LogP contribution is 2.36. The monoisotopic (exact) mass is 489 g/mol. The number of nitrogens with zero attached hydrogens (tertiary/aromatic N) is 4.